The Morgan fingerprint density at radius 3 is 2.55 bits per heavy atom. The van der Waals surface area contributed by atoms with E-state index in [1.807, 2.05) is 12.1 Å². The lowest BCUT2D eigenvalue weighted by molar-refractivity contribution is 0.293. The van der Waals surface area contributed by atoms with Crippen molar-refractivity contribution < 1.29 is 4.39 Å². The largest absolute Gasteiger partial charge is 0.310 e. The lowest BCUT2D eigenvalue weighted by Crippen LogP contribution is -2.31. The van der Waals surface area contributed by atoms with Crippen LogP contribution in [0.3, 0.4) is 0 Å². The molecule has 1 aromatic carbocycles. The molecule has 2 rings (SSSR count). The number of hydrogen-bond donors (Lipinski definition) is 1. The smallest absolute Gasteiger partial charge is 0.127 e. The van der Waals surface area contributed by atoms with Crippen molar-refractivity contribution in [3.05, 3.63) is 35.6 Å². The third-order valence-electron chi connectivity index (χ3n) is 4.37. The van der Waals surface area contributed by atoms with E-state index in [4.69, 9.17) is 0 Å². The fourth-order valence-corrected chi connectivity index (χ4v) is 3.12. The Balaban J connectivity index is 0.00000200. The van der Waals surface area contributed by atoms with Gasteiger partial charge in [0.05, 0.1) is 0 Å². The molecule has 114 valence electrons. The van der Waals surface area contributed by atoms with Crippen LogP contribution in [0.25, 0.3) is 0 Å². The van der Waals surface area contributed by atoms with Gasteiger partial charge in [0.1, 0.15) is 5.82 Å². The SMILES string of the molecule is CCC(CC1CCCCC1)NCc1ccccc1F.Cl. The van der Waals surface area contributed by atoms with Crippen LogP contribution >= 0.6 is 12.4 Å². The molecule has 0 radical (unpaired) electrons. The first-order valence-corrected chi connectivity index (χ1v) is 7.76. The predicted molar refractivity (Wildman–Crippen MR) is 85.8 cm³/mol. The van der Waals surface area contributed by atoms with Gasteiger partial charge in [-0.15, -0.1) is 12.4 Å². The Morgan fingerprint density at radius 1 is 1.20 bits per heavy atom. The van der Waals surface area contributed by atoms with E-state index in [-0.39, 0.29) is 18.2 Å². The summed E-state index contributed by atoms with van der Waals surface area (Å²) in [4.78, 5) is 0. The van der Waals surface area contributed by atoms with Crippen molar-refractivity contribution in [1.82, 2.24) is 5.32 Å². The van der Waals surface area contributed by atoms with Gasteiger partial charge in [0, 0.05) is 18.2 Å². The summed E-state index contributed by atoms with van der Waals surface area (Å²) in [7, 11) is 0. The number of benzene rings is 1. The van der Waals surface area contributed by atoms with Crippen LogP contribution in [0.4, 0.5) is 4.39 Å². The molecule has 0 heterocycles. The van der Waals surface area contributed by atoms with Crippen LogP contribution in [0.5, 0.6) is 0 Å². The maximum absolute atomic E-state index is 13.6. The summed E-state index contributed by atoms with van der Waals surface area (Å²) in [5, 5.41) is 3.53. The Bertz CT molecular complexity index is 377. The maximum Gasteiger partial charge on any atom is 0.127 e. The van der Waals surface area contributed by atoms with Gasteiger partial charge in [-0.1, -0.05) is 57.2 Å². The summed E-state index contributed by atoms with van der Waals surface area (Å²) in [6.07, 6.45) is 9.37. The van der Waals surface area contributed by atoms with E-state index in [2.05, 4.69) is 12.2 Å². The van der Waals surface area contributed by atoms with Gasteiger partial charge in [-0.3, -0.25) is 0 Å². The summed E-state index contributed by atoms with van der Waals surface area (Å²) >= 11 is 0. The van der Waals surface area contributed by atoms with Crippen LogP contribution < -0.4 is 5.32 Å². The second-order valence-corrected chi connectivity index (χ2v) is 5.82. The molecule has 0 aliphatic heterocycles. The Labute approximate surface area is 128 Å². The third-order valence-corrected chi connectivity index (χ3v) is 4.37. The monoisotopic (exact) mass is 299 g/mol. The van der Waals surface area contributed by atoms with Crippen LogP contribution in [-0.4, -0.2) is 6.04 Å². The predicted octanol–water partition coefficient (Wildman–Crippen LogP) is 5.09. The van der Waals surface area contributed by atoms with Crippen molar-refractivity contribution in [1.29, 1.82) is 0 Å². The third kappa shape index (κ3) is 5.41. The van der Waals surface area contributed by atoms with Crippen molar-refractivity contribution >= 4 is 12.4 Å². The van der Waals surface area contributed by atoms with Gasteiger partial charge in [0.15, 0.2) is 0 Å². The summed E-state index contributed by atoms with van der Waals surface area (Å²) in [6, 6.07) is 7.59. The first-order valence-electron chi connectivity index (χ1n) is 7.76. The fourth-order valence-electron chi connectivity index (χ4n) is 3.12. The maximum atomic E-state index is 13.6. The lowest BCUT2D eigenvalue weighted by atomic mass is 9.84. The van der Waals surface area contributed by atoms with Crippen molar-refractivity contribution in [2.75, 3.05) is 0 Å². The minimum atomic E-state index is -0.0949. The summed E-state index contributed by atoms with van der Waals surface area (Å²) in [5.74, 6) is 0.786. The van der Waals surface area contributed by atoms with Gasteiger partial charge < -0.3 is 5.32 Å². The normalized spacial score (nSPS) is 17.5. The quantitative estimate of drug-likeness (QED) is 0.772. The molecule has 0 saturated heterocycles. The molecule has 1 N–H and O–H groups in total. The summed E-state index contributed by atoms with van der Waals surface area (Å²) in [6.45, 7) is 2.87. The molecule has 1 aromatic rings. The molecule has 1 atom stereocenters. The zero-order chi connectivity index (χ0) is 13.5. The molecule has 0 bridgehead atoms. The van der Waals surface area contributed by atoms with Gasteiger partial charge in [-0.2, -0.15) is 0 Å². The molecular formula is C17H27ClFN. The van der Waals surface area contributed by atoms with Crippen molar-refractivity contribution in [2.45, 2.75) is 64.5 Å². The molecule has 3 heteroatoms. The van der Waals surface area contributed by atoms with E-state index in [1.165, 1.54) is 38.5 Å². The van der Waals surface area contributed by atoms with E-state index in [1.54, 1.807) is 12.1 Å². The highest BCUT2D eigenvalue weighted by atomic mass is 35.5. The Kier molecular flexibility index (Phi) is 8.16. The second-order valence-electron chi connectivity index (χ2n) is 5.82. The molecule has 0 amide bonds. The fraction of sp³-hybridized carbons (Fsp3) is 0.647. The van der Waals surface area contributed by atoms with Gasteiger partial charge in [0.25, 0.3) is 0 Å². The van der Waals surface area contributed by atoms with Crippen LogP contribution in [0, 0.1) is 11.7 Å². The number of hydrogen-bond acceptors (Lipinski definition) is 1. The van der Waals surface area contributed by atoms with E-state index in [0.717, 1.165) is 17.9 Å². The van der Waals surface area contributed by atoms with Gasteiger partial charge in [-0.25, -0.2) is 4.39 Å². The molecule has 20 heavy (non-hydrogen) atoms. The molecule has 1 aliphatic carbocycles. The summed E-state index contributed by atoms with van der Waals surface area (Å²) < 4.78 is 13.6. The Hall–Kier alpha value is -0.600. The summed E-state index contributed by atoms with van der Waals surface area (Å²) in [5.41, 5.74) is 0.782. The Morgan fingerprint density at radius 2 is 1.90 bits per heavy atom. The van der Waals surface area contributed by atoms with Gasteiger partial charge in [-0.05, 0) is 24.8 Å². The molecular weight excluding hydrogens is 273 g/mol. The average molecular weight is 300 g/mol. The van der Waals surface area contributed by atoms with Crippen molar-refractivity contribution in [2.24, 2.45) is 5.92 Å². The highest BCUT2D eigenvalue weighted by molar-refractivity contribution is 5.85. The first kappa shape index (κ1) is 17.5. The standard InChI is InChI=1S/C17H26FN.ClH/c1-2-16(12-14-8-4-3-5-9-14)19-13-15-10-6-7-11-17(15)18;/h6-7,10-11,14,16,19H,2-5,8-9,12-13H2,1H3;1H. The number of halogens is 2. The molecule has 1 fully saturated rings. The highest BCUT2D eigenvalue weighted by Gasteiger charge is 2.17. The minimum absolute atomic E-state index is 0. The van der Waals surface area contributed by atoms with E-state index >= 15 is 0 Å². The molecule has 1 aliphatic rings. The molecule has 0 spiro atoms. The average Bonchev–Trinajstić information content (AvgIpc) is 2.46. The van der Waals surface area contributed by atoms with Gasteiger partial charge >= 0.3 is 0 Å². The molecule has 1 saturated carbocycles. The van der Waals surface area contributed by atoms with E-state index in [0.29, 0.717) is 12.6 Å². The van der Waals surface area contributed by atoms with Crippen molar-refractivity contribution in [3.8, 4) is 0 Å². The van der Waals surface area contributed by atoms with Gasteiger partial charge in [0.2, 0.25) is 0 Å². The highest BCUT2D eigenvalue weighted by Crippen LogP contribution is 2.28. The van der Waals surface area contributed by atoms with Crippen LogP contribution in [-0.2, 0) is 6.54 Å². The van der Waals surface area contributed by atoms with Crippen LogP contribution in [0.2, 0.25) is 0 Å². The topological polar surface area (TPSA) is 12.0 Å². The minimum Gasteiger partial charge on any atom is -0.310 e. The first-order chi connectivity index (χ1) is 9.29. The zero-order valence-corrected chi connectivity index (χ0v) is 13.2. The molecule has 0 aromatic heterocycles. The van der Waals surface area contributed by atoms with Crippen LogP contribution in [0.15, 0.2) is 24.3 Å². The number of rotatable bonds is 6. The van der Waals surface area contributed by atoms with E-state index < -0.39 is 0 Å². The second kappa shape index (κ2) is 9.36. The molecule has 1 nitrogen and oxygen atoms in total. The van der Waals surface area contributed by atoms with E-state index in [9.17, 15) is 4.39 Å². The molecule has 1 unspecified atom stereocenters. The van der Waals surface area contributed by atoms with Crippen LogP contribution in [0.1, 0.15) is 57.4 Å². The number of nitrogens with one attached hydrogen (secondary N) is 1. The lowest BCUT2D eigenvalue weighted by Gasteiger charge is -2.26. The zero-order valence-electron chi connectivity index (χ0n) is 12.4. The van der Waals surface area contributed by atoms with Crippen molar-refractivity contribution in [3.63, 3.8) is 0 Å².